The van der Waals surface area contributed by atoms with Gasteiger partial charge in [0.15, 0.2) is 0 Å². The van der Waals surface area contributed by atoms with Crippen LogP contribution in [0, 0.1) is 0 Å². The van der Waals surface area contributed by atoms with Crippen LogP contribution in [0.3, 0.4) is 0 Å². The summed E-state index contributed by atoms with van der Waals surface area (Å²) in [4.78, 5) is 0. The van der Waals surface area contributed by atoms with Gasteiger partial charge in [0.25, 0.3) is 0 Å². The second-order valence-corrected chi connectivity index (χ2v) is 11.7. The molecular weight excluding hydrogens is 439 g/mol. The molecule has 2 aromatic rings. The van der Waals surface area contributed by atoms with Crippen molar-refractivity contribution in [3.63, 3.8) is 0 Å². The Labute approximate surface area is 174 Å². The Balaban J connectivity index is 2.03. The maximum atomic E-state index is 6.54. The van der Waals surface area contributed by atoms with Crippen molar-refractivity contribution in [1.82, 2.24) is 0 Å². The summed E-state index contributed by atoms with van der Waals surface area (Å²) >= 11 is -2.49. The first kappa shape index (κ1) is 22.1. The van der Waals surface area contributed by atoms with Crippen molar-refractivity contribution in [3.8, 4) is 11.5 Å². The third kappa shape index (κ3) is 7.77. The molecule has 27 heavy (non-hydrogen) atoms. The molecule has 0 spiro atoms. The molecule has 2 nitrogen and oxygen atoms in total. The van der Waals surface area contributed by atoms with E-state index in [9.17, 15) is 0 Å². The van der Waals surface area contributed by atoms with Crippen LogP contribution in [0.4, 0.5) is 0 Å². The second-order valence-electron chi connectivity index (χ2n) is 7.02. The molecule has 0 saturated carbocycles. The van der Waals surface area contributed by atoms with E-state index >= 15 is 0 Å². The van der Waals surface area contributed by atoms with Gasteiger partial charge in [0.2, 0.25) is 0 Å². The zero-order valence-electron chi connectivity index (χ0n) is 17.3. The number of aryl methyl sites for hydroxylation is 2. The topological polar surface area (TPSA) is 18.5 Å². The van der Waals surface area contributed by atoms with E-state index in [-0.39, 0.29) is 0 Å². The number of rotatable bonds is 13. The number of para-hydroxylation sites is 2. The molecule has 2 aromatic carbocycles. The predicted molar refractivity (Wildman–Crippen MR) is 117 cm³/mol. The molecule has 0 aliphatic rings. The van der Waals surface area contributed by atoms with Crippen molar-refractivity contribution < 1.29 is 6.15 Å². The molecule has 3 heteroatoms. The van der Waals surface area contributed by atoms with Crippen LogP contribution >= 0.6 is 0 Å². The number of benzene rings is 2. The van der Waals surface area contributed by atoms with E-state index in [0.29, 0.717) is 0 Å². The summed E-state index contributed by atoms with van der Waals surface area (Å²) in [7, 11) is 0. The van der Waals surface area contributed by atoms with Crippen molar-refractivity contribution in [3.05, 3.63) is 59.7 Å². The number of hydrogen-bond donors (Lipinski definition) is 0. The SMILES string of the molecule is CCCCCCC[CH2][Sn]([O]c1ccccc1CC)[O]c1ccccc1CC. The molecule has 0 aromatic heterocycles. The van der Waals surface area contributed by atoms with E-state index < -0.39 is 20.6 Å². The molecule has 0 heterocycles. The van der Waals surface area contributed by atoms with Crippen LogP contribution in [0.2, 0.25) is 4.44 Å². The summed E-state index contributed by atoms with van der Waals surface area (Å²) in [6.45, 7) is 6.64. The van der Waals surface area contributed by atoms with Crippen molar-refractivity contribution in [1.29, 1.82) is 0 Å². The van der Waals surface area contributed by atoms with Crippen LogP contribution < -0.4 is 6.15 Å². The van der Waals surface area contributed by atoms with Crippen LogP contribution in [0.25, 0.3) is 0 Å². The number of unbranched alkanes of at least 4 members (excludes halogenated alkanes) is 5. The van der Waals surface area contributed by atoms with Gasteiger partial charge < -0.3 is 0 Å². The molecule has 0 saturated heterocycles. The third-order valence-electron chi connectivity index (χ3n) is 4.89. The molecule has 0 unspecified atom stereocenters. The van der Waals surface area contributed by atoms with Crippen molar-refractivity contribution >= 4 is 20.6 Å². The summed E-state index contributed by atoms with van der Waals surface area (Å²) < 4.78 is 14.2. The van der Waals surface area contributed by atoms with Crippen LogP contribution in [0.15, 0.2) is 48.5 Å². The van der Waals surface area contributed by atoms with Gasteiger partial charge in [-0.1, -0.05) is 0 Å². The Kier molecular flexibility index (Phi) is 10.7. The first-order valence-corrected chi connectivity index (χ1v) is 15.0. The molecule has 0 amide bonds. The van der Waals surface area contributed by atoms with Crippen LogP contribution in [0.1, 0.15) is 70.4 Å². The van der Waals surface area contributed by atoms with Crippen LogP contribution in [-0.2, 0) is 12.8 Å². The Morgan fingerprint density at radius 1 is 0.630 bits per heavy atom. The fraction of sp³-hybridized carbons (Fsp3) is 0.500. The third-order valence-corrected chi connectivity index (χ3v) is 9.62. The molecule has 0 N–H and O–H groups in total. The molecule has 2 rings (SSSR count). The molecule has 0 aliphatic heterocycles. The summed E-state index contributed by atoms with van der Waals surface area (Å²) in [6, 6.07) is 16.9. The molecule has 0 aliphatic carbocycles. The average molecular weight is 474 g/mol. The summed E-state index contributed by atoms with van der Waals surface area (Å²) in [5.41, 5.74) is 2.57. The van der Waals surface area contributed by atoms with Gasteiger partial charge in [0.1, 0.15) is 0 Å². The maximum absolute atomic E-state index is 6.54. The molecule has 0 atom stereocenters. The van der Waals surface area contributed by atoms with Gasteiger partial charge in [-0.05, 0) is 0 Å². The van der Waals surface area contributed by atoms with E-state index in [4.69, 9.17) is 6.15 Å². The molecule has 1 radical (unpaired) electrons. The molecule has 147 valence electrons. The van der Waals surface area contributed by atoms with Crippen molar-refractivity contribution in [2.45, 2.75) is 76.6 Å². The van der Waals surface area contributed by atoms with Gasteiger partial charge in [-0.3, -0.25) is 0 Å². The fourth-order valence-electron chi connectivity index (χ4n) is 3.21. The van der Waals surface area contributed by atoms with Crippen molar-refractivity contribution in [2.24, 2.45) is 0 Å². The number of hydrogen-bond acceptors (Lipinski definition) is 2. The minimum absolute atomic E-state index is 0.995. The second kappa shape index (κ2) is 13.1. The van der Waals surface area contributed by atoms with Crippen molar-refractivity contribution in [2.75, 3.05) is 0 Å². The monoisotopic (exact) mass is 475 g/mol. The predicted octanol–water partition coefficient (Wildman–Crippen LogP) is 7.12. The molecule has 0 bridgehead atoms. The summed E-state index contributed by atoms with van der Waals surface area (Å²) in [5.74, 6) is 2.07. The minimum atomic E-state index is -2.49. The Morgan fingerprint density at radius 2 is 1.11 bits per heavy atom. The standard InChI is InChI=1S/2C8H10O.C8H17.Sn/c2*1-2-7-5-3-4-6-8(7)9;1-3-5-7-8-6-4-2;/h2*3-6,9H,2H2,1H3;1,3-8H2,2H3;/q;;;+2/p-2. The van der Waals surface area contributed by atoms with Gasteiger partial charge in [0, 0.05) is 0 Å². The first-order chi connectivity index (χ1) is 13.3. The Bertz CT molecular complexity index is 607. The van der Waals surface area contributed by atoms with Gasteiger partial charge >= 0.3 is 174 Å². The van der Waals surface area contributed by atoms with E-state index in [1.54, 1.807) is 0 Å². The Morgan fingerprint density at radius 3 is 1.63 bits per heavy atom. The quantitative estimate of drug-likeness (QED) is 0.227. The molecular formula is C24H35O2Sn. The van der Waals surface area contributed by atoms with Crippen LogP contribution in [0.5, 0.6) is 11.5 Å². The van der Waals surface area contributed by atoms with Gasteiger partial charge in [-0.25, -0.2) is 0 Å². The fourth-order valence-corrected chi connectivity index (χ4v) is 7.98. The first-order valence-electron chi connectivity index (χ1n) is 10.7. The van der Waals surface area contributed by atoms with Gasteiger partial charge in [0.05, 0.1) is 0 Å². The summed E-state index contributed by atoms with van der Waals surface area (Å²) in [5, 5.41) is 0. The van der Waals surface area contributed by atoms with Crippen LogP contribution in [-0.4, -0.2) is 20.6 Å². The normalized spacial score (nSPS) is 11.0. The molecule has 0 fully saturated rings. The van der Waals surface area contributed by atoms with Gasteiger partial charge in [-0.2, -0.15) is 0 Å². The van der Waals surface area contributed by atoms with Gasteiger partial charge in [-0.15, -0.1) is 0 Å². The summed E-state index contributed by atoms with van der Waals surface area (Å²) in [6.07, 6.45) is 9.85. The average Bonchev–Trinajstić information content (AvgIpc) is 2.71. The van der Waals surface area contributed by atoms with E-state index in [1.165, 1.54) is 49.7 Å². The zero-order valence-corrected chi connectivity index (χ0v) is 20.2. The zero-order chi connectivity index (χ0) is 19.3. The van der Waals surface area contributed by atoms with E-state index in [2.05, 4.69) is 69.3 Å². The van der Waals surface area contributed by atoms with E-state index in [0.717, 1.165) is 28.8 Å². The van der Waals surface area contributed by atoms with E-state index in [1.807, 2.05) is 0 Å². The Hall–Kier alpha value is -1.16.